The van der Waals surface area contributed by atoms with Gasteiger partial charge >= 0.3 is 6.18 Å². The Morgan fingerprint density at radius 3 is 2.56 bits per heavy atom. The van der Waals surface area contributed by atoms with Crippen molar-refractivity contribution in [1.29, 1.82) is 0 Å². The van der Waals surface area contributed by atoms with Crippen molar-refractivity contribution in [2.45, 2.75) is 19.0 Å². The predicted molar refractivity (Wildman–Crippen MR) is 126 cm³/mol. The third-order valence-electron chi connectivity index (χ3n) is 5.20. The summed E-state index contributed by atoms with van der Waals surface area (Å²) in [5.41, 5.74) is 7.89. The van der Waals surface area contributed by atoms with E-state index in [1.165, 1.54) is 0 Å². The van der Waals surface area contributed by atoms with Crippen LogP contribution in [0.15, 0.2) is 60.1 Å². The molecule has 3 heterocycles. The second-order valence-electron chi connectivity index (χ2n) is 7.71. The first-order chi connectivity index (χ1) is 17.2. The van der Waals surface area contributed by atoms with Crippen LogP contribution >= 0.6 is 0 Å². The number of carbonyl (C=O) groups is 3. The molecule has 184 valence electrons. The van der Waals surface area contributed by atoms with Crippen molar-refractivity contribution < 1.29 is 27.6 Å². The molecule has 4 aromatic rings. The number of hydrogen-bond donors (Lipinski definition) is 4. The van der Waals surface area contributed by atoms with Crippen LogP contribution in [-0.4, -0.2) is 45.4 Å². The standard InChI is InChI=1S/C22H18N6O2.C2HF3O/c29-19(7-6-14-10-23-12-24-14)26-15-8-16-20-17(11-25-28-22(16)30)21(27-18(20)9-15)13-4-2-1-3-5-13;3-2(4,5)1-6/h1-5,8-12,27H,6-7H2,(H,23,24)(H,26,29)(H,28,30);1H. The van der Waals surface area contributed by atoms with E-state index >= 15 is 0 Å². The van der Waals surface area contributed by atoms with Crippen molar-refractivity contribution in [3.05, 3.63) is 71.8 Å². The minimum absolute atomic E-state index is 0.142. The first-order valence-corrected chi connectivity index (χ1v) is 10.6. The molecule has 0 unspecified atom stereocenters. The molecule has 2 aromatic carbocycles. The summed E-state index contributed by atoms with van der Waals surface area (Å²) in [6, 6.07) is 13.4. The van der Waals surface area contributed by atoms with Gasteiger partial charge in [0.05, 0.1) is 23.8 Å². The number of amides is 2. The van der Waals surface area contributed by atoms with E-state index < -0.39 is 12.5 Å². The number of halogens is 3. The van der Waals surface area contributed by atoms with Gasteiger partial charge in [-0.15, -0.1) is 0 Å². The quantitative estimate of drug-likeness (QED) is 0.312. The molecule has 1 aliphatic rings. The van der Waals surface area contributed by atoms with Gasteiger partial charge in [0, 0.05) is 40.5 Å². The van der Waals surface area contributed by atoms with Crippen molar-refractivity contribution >= 4 is 40.9 Å². The Labute approximate surface area is 201 Å². The maximum absolute atomic E-state index is 12.6. The highest BCUT2D eigenvalue weighted by Crippen LogP contribution is 2.34. The van der Waals surface area contributed by atoms with Crippen LogP contribution in [0.1, 0.15) is 28.0 Å². The second kappa shape index (κ2) is 10.3. The van der Waals surface area contributed by atoms with E-state index in [0.29, 0.717) is 24.1 Å². The van der Waals surface area contributed by atoms with Crippen molar-refractivity contribution in [2.75, 3.05) is 5.32 Å². The number of hydrogen-bond acceptors (Lipinski definition) is 5. The lowest BCUT2D eigenvalue weighted by atomic mass is 10.0. The third-order valence-corrected chi connectivity index (χ3v) is 5.20. The molecule has 0 spiro atoms. The Hall–Kier alpha value is -4.74. The van der Waals surface area contributed by atoms with E-state index in [9.17, 15) is 22.8 Å². The number of aromatic amines is 2. The summed E-state index contributed by atoms with van der Waals surface area (Å²) >= 11 is 0. The number of anilines is 1. The Morgan fingerprint density at radius 2 is 1.89 bits per heavy atom. The molecule has 0 fully saturated rings. The van der Waals surface area contributed by atoms with E-state index in [0.717, 1.165) is 33.4 Å². The van der Waals surface area contributed by atoms with Crippen LogP contribution in [0.4, 0.5) is 18.9 Å². The lowest BCUT2D eigenvalue weighted by molar-refractivity contribution is -0.156. The summed E-state index contributed by atoms with van der Waals surface area (Å²) in [6.45, 7) is 0. The Morgan fingerprint density at radius 1 is 1.14 bits per heavy atom. The summed E-state index contributed by atoms with van der Waals surface area (Å²) in [6.07, 6.45) is 0.0902. The number of carbonyl (C=O) groups excluding carboxylic acids is 3. The number of nitrogens with zero attached hydrogens (tertiary/aromatic N) is 2. The highest BCUT2D eigenvalue weighted by molar-refractivity contribution is 6.18. The maximum Gasteiger partial charge on any atom is 0.446 e. The fourth-order valence-corrected chi connectivity index (χ4v) is 3.68. The van der Waals surface area contributed by atoms with Crippen LogP contribution in [0.5, 0.6) is 0 Å². The van der Waals surface area contributed by atoms with Crippen LogP contribution < -0.4 is 10.7 Å². The van der Waals surface area contributed by atoms with Gasteiger partial charge in [-0.2, -0.15) is 18.3 Å². The SMILES string of the molecule is O=C(CCc1cnc[nH]1)Nc1cc2c3c(c(-c4ccccc4)[nH]c3c1)C=NNC2=O.O=CC(F)(F)F. The molecule has 5 rings (SSSR count). The molecule has 9 nitrogen and oxygen atoms in total. The fourth-order valence-electron chi connectivity index (χ4n) is 3.68. The molecule has 0 saturated carbocycles. The number of H-pyrrole nitrogens is 2. The molecule has 12 heteroatoms. The Balaban J connectivity index is 0.000000455. The maximum atomic E-state index is 12.6. The topological polar surface area (TPSA) is 132 Å². The molecule has 2 aromatic heterocycles. The highest BCUT2D eigenvalue weighted by Gasteiger charge is 2.25. The number of rotatable bonds is 5. The lowest BCUT2D eigenvalue weighted by Crippen LogP contribution is -2.17. The molecule has 0 bridgehead atoms. The number of nitrogens with one attached hydrogen (secondary N) is 4. The smallest absolute Gasteiger partial charge is 0.354 e. The van der Waals surface area contributed by atoms with Gasteiger partial charge in [0.15, 0.2) is 0 Å². The molecule has 0 aliphatic carbocycles. The van der Waals surface area contributed by atoms with E-state index in [2.05, 4.69) is 30.8 Å². The zero-order chi connectivity index (χ0) is 25.7. The number of hydrazone groups is 1. The van der Waals surface area contributed by atoms with Gasteiger partial charge in [-0.3, -0.25) is 14.4 Å². The third kappa shape index (κ3) is 5.66. The minimum atomic E-state index is -4.64. The Bertz CT molecular complexity index is 1430. The van der Waals surface area contributed by atoms with Crippen molar-refractivity contribution in [2.24, 2.45) is 5.10 Å². The monoisotopic (exact) mass is 496 g/mol. The van der Waals surface area contributed by atoms with Crippen LogP contribution in [0, 0.1) is 0 Å². The molecule has 4 N–H and O–H groups in total. The minimum Gasteiger partial charge on any atom is -0.354 e. The molecule has 2 amide bonds. The molecule has 0 radical (unpaired) electrons. The lowest BCUT2D eigenvalue weighted by Gasteiger charge is -2.08. The number of imidazole rings is 1. The summed E-state index contributed by atoms with van der Waals surface area (Å²) in [7, 11) is 0. The zero-order valence-electron chi connectivity index (χ0n) is 18.5. The van der Waals surface area contributed by atoms with Gasteiger partial charge in [-0.05, 0) is 24.1 Å². The molecule has 1 aliphatic heterocycles. The van der Waals surface area contributed by atoms with Gasteiger partial charge in [0.2, 0.25) is 12.2 Å². The van der Waals surface area contributed by atoms with Crippen LogP contribution in [0.2, 0.25) is 0 Å². The summed E-state index contributed by atoms with van der Waals surface area (Å²) < 4.78 is 31.2. The van der Waals surface area contributed by atoms with Crippen LogP contribution in [0.3, 0.4) is 0 Å². The Kier molecular flexibility index (Phi) is 6.95. The first kappa shape index (κ1) is 24.4. The number of alkyl halides is 3. The van der Waals surface area contributed by atoms with E-state index in [1.54, 1.807) is 24.8 Å². The largest absolute Gasteiger partial charge is 0.446 e. The average molecular weight is 496 g/mol. The number of aldehydes is 1. The van der Waals surface area contributed by atoms with Gasteiger partial charge in [-0.25, -0.2) is 10.4 Å². The summed E-state index contributed by atoms with van der Waals surface area (Å²) in [4.78, 5) is 44.0. The zero-order valence-corrected chi connectivity index (χ0v) is 18.5. The van der Waals surface area contributed by atoms with Gasteiger partial charge in [0.1, 0.15) is 0 Å². The highest BCUT2D eigenvalue weighted by atomic mass is 19.4. The van der Waals surface area contributed by atoms with Crippen molar-refractivity contribution in [3.63, 3.8) is 0 Å². The molecular formula is C24H19F3N6O3. The molecule has 36 heavy (non-hydrogen) atoms. The summed E-state index contributed by atoms with van der Waals surface area (Å²) in [5.74, 6) is -0.460. The molecule has 0 atom stereocenters. The number of benzene rings is 2. The van der Waals surface area contributed by atoms with Gasteiger partial charge in [-0.1, -0.05) is 30.3 Å². The van der Waals surface area contributed by atoms with Gasteiger partial charge in [0.25, 0.3) is 5.91 Å². The van der Waals surface area contributed by atoms with Crippen LogP contribution in [-0.2, 0) is 16.0 Å². The predicted octanol–water partition coefficient (Wildman–Crippen LogP) is 3.95. The van der Waals surface area contributed by atoms with E-state index in [-0.39, 0.29) is 11.8 Å². The average Bonchev–Trinajstić information content (AvgIpc) is 3.47. The first-order valence-electron chi connectivity index (χ1n) is 10.6. The molecular weight excluding hydrogens is 477 g/mol. The van der Waals surface area contributed by atoms with Crippen molar-refractivity contribution in [1.82, 2.24) is 20.4 Å². The summed E-state index contributed by atoms with van der Waals surface area (Å²) in [5, 5.41) is 7.73. The fraction of sp³-hybridized carbons (Fsp3) is 0.125. The van der Waals surface area contributed by atoms with Gasteiger partial charge < -0.3 is 15.3 Å². The second-order valence-corrected chi connectivity index (χ2v) is 7.71. The van der Waals surface area contributed by atoms with E-state index in [1.807, 2.05) is 36.4 Å². The number of aromatic nitrogens is 3. The molecule has 0 saturated heterocycles. The normalized spacial score (nSPS) is 12.4. The number of aryl methyl sites for hydroxylation is 1. The van der Waals surface area contributed by atoms with Crippen LogP contribution in [0.25, 0.3) is 22.2 Å². The van der Waals surface area contributed by atoms with Crippen molar-refractivity contribution in [3.8, 4) is 11.3 Å². The van der Waals surface area contributed by atoms with E-state index in [4.69, 9.17) is 4.79 Å².